The molecule has 0 saturated carbocycles. The molecule has 3 rings (SSSR count). The Hall–Kier alpha value is -1.93. The van der Waals surface area contributed by atoms with Crippen LogP contribution in [0.3, 0.4) is 0 Å². The fourth-order valence-electron chi connectivity index (χ4n) is 2.66. The lowest BCUT2D eigenvalue weighted by atomic mass is 9.94. The third-order valence-corrected chi connectivity index (χ3v) is 4.45. The van der Waals surface area contributed by atoms with E-state index in [2.05, 4.69) is 22.9 Å². The molecule has 0 aliphatic rings. The van der Waals surface area contributed by atoms with Gasteiger partial charge in [0.2, 0.25) is 0 Å². The van der Waals surface area contributed by atoms with Gasteiger partial charge in [0.25, 0.3) is 0 Å². The van der Waals surface area contributed by atoms with E-state index in [1.165, 1.54) is 0 Å². The SMILES string of the molecule is CCc1ccccc1C(=O)c1ccc(Br)c2ccccc12. The van der Waals surface area contributed by atoms with Crippen molar-refractivity contribution in [2.24, 2.45) is 0 Å². The number of benzene rings is 3. The first-order valence-electron chi connectivity index (χ1n) is 7.02. The van der Waals surface area contributed by atoms with Crippen LogP contribution in [-0.2, 0) is 6.42 Å². The molecule has 0 fully saturated rings. The maximum Gasteiger partial charge on any atom is 0.193 e. The summed E-state index contributed by atoms with van der Waals surface area (Å²) in [6.07, 6.45) is 0.858. The minimum absolute atomic E-state index is 0.0937. The fraction of sp³-hybridized carbons (Fsp3) is 0.105. The first-order valence-corrected chi connectivity index (χ1v) is 7.81. The summed E-state index contributed by atoms with van der Waals surface area (Å²) >= 11 is 3.55. The van der Waals surface area contributed by atoms with E-state index in [1.54, 1.807) is 0 Å². The van der Waals surface area contributed by atoms with E-state index in [-0.39, 0.29) is 5.78 Å². The van der Waals surface area contributed by atoms with Crippen LogP contribution in [-0.4, -0.2) is 5.78 Å². The summed E-state index contributed by atoms with van der Waals surface area (Å²) in [4.78, 5) is 12.9. The standard InChI is InChI=1S/C19H15BrO/c1-2-13-7-3-4-8-14(13)19(21)17-11-12-18(20)16-10-6-5-9-15(16)17/h3-12H,2H2,1H3. The lowest BCUT2D eigenvalue weighted by Crippen LogP contribution is -2.05. The van der Waals surface area contributed by atoms with Gasteiger partial charge in [0.1, 0.15) is 0 Å². The van der Waals surface area contributed by atoms with Crippen molar-refractivity contribution in [1.82, 2.24) is 0 Å². The van der Waals surface area contributed by atoms with Crippen LogP contribution < -0.4 is 0 Å². The van der Waals surface area contributed by atoms with Crippen LogP contribution in [0.2, 0.25) is 0 Å². The highest BCUT2D eigenvalue weighted by Crippen LogP contribution is 2.28. The van der Waals surface area contributed by atoms with E-state index in [1.807, 2.05) is 60.7 Å². The van der Waals surface area contributed by atoms with Gasteiger partial charge >= 0.3 is 0 Å². The third-order valence-electron chi connectivity index (χ3n) is 3.76. The van der Waals surface area contributed by atoms with Gasteiger partial charge in [-0.05, 0) is 34.9 Å². The molecular formula is C19H15BrO. The van der Waals surface area contributed by atoms with Crippen molar-refractivity contribution >= 4 is 32.5 Å². The van der Waals surface area contributed by atoms with Crippen molar-refractivity contribution in [2.75, 3.05) is 0 Å². The molecule has 3 aromatic rings. The predicted octanol–water partition coefficient (Wildman–Crippen LogP) is 5.40. The first-order chi connectivity index (χ1) is 10.2. The maximum atomic E-state index is 12.9. The van der Waals surface area contributed by atoms with Crippen LogP contribution in [0.15, 0.2) is 65.1 Å². The second-order valence-corrected chi connectivity index (χ2v) is 5.83. The van der Waals surface area contributed by atoms with E-state index in [0.29, 0.717) is 0 Å². The average Bonchev–Trinajstić information content (AvgIpc) is 2.55. The van der Waals surface area contributed by atoms with Gasteiger partial charge in [-0.2, -0.15) is 0 Å². The largest absolute Gasteiger partial charge is 0.289 e. The number of hydrogen-bond donors (Lipinski definition) is 0. The summed E-state index contributed by atoms with van der Waals surface area (Å²) in [5.74, 6) is 0.0937. The van der Waals surface area contributed by atoms with Crippen molar-refractivity contribution in [2.45, 2.75) is 13.3 Å². The smallest absolute Gasteiger partial charge is 0.193 e. The summed E-state index contributed by atoms with van der Waals surface area (Å²) in [5, 5.41) is 2.06. The topological polar surface area (TPSA) is 17.1 Å². The number of hydrogen-bond acceptors (Lipinski definition) is 1. The molecular weight excluding hydrogens is 324 g/mol. The Kier molecular flexibility index (Phi) is 3.89. The Morgan fingerprint density at radius 1 is 0.857 bits per heavy atom. The van der Waals surface area contributed by atoms with Crippen molar-refractivity contribution in [1.29, 1.82) is 0 Å². The molecule has 21 heavy (non-hydrogen) atoms. The summed E-state index contributed by atoms with van der Waals surface area (Å²) in [6.45, 7) is 2.08. The highest BCUT2D eigenvalue weighted by atomic mass is 79.9. The Morgan fingerprint density at radius 3 is 2.29 bits per heavy atom. The molecule has 3 aromatic carbocycles. The number of halogens is 1. The van der Waals surface area contributed by atoms with Crippen LogP contribution >= 0.6 is 15.9 Å². The molecule has 0 heterocycles. The second kappa shape index (κ2) is 5.82. The van der Waals surface area contributed by atoms with Gasteiger partial charge in [-0.3, -0.25) is 4.79 Å². The van der Waals surface area contributed by atoms with Gasteiger partial charge in [0.05, 0.1) is 0 Å². The van der Waals surface area contributed by atoms with Gasteiger partial charge in [-0.25, -0.2) is 0 Å². The van der Waals surface area contributed by atoms with Crippen molar-refractivity contribution < 1.29 is 4.79 Å². The average molecular weight is 339 g/mol. The van der Waals surface area contributed by atoms with Gasteiger partial charge in [-0.15, -0.1) is 0 Å². The Balaban J connectivity index is 2.21. The number of carbonyl (C=O) groups is 1. The minimum Gasteiger partial charge on any atom is -0.289 e. The van der Waals surface area contributed by atoms with Crippen LogP contribution in [0.5, 0.6) is 0 Å². The number of fused-ring (bicyclic) bond motifs is 1. The molecule has 0 amide bonds. The van der Waals surface area contributed by atoms with E-state index in [4.69, 9.17) is 0 Å². The molecule has 2 heteroatoms. The monoisotopic (exact) mass is 338 g/mol. The summed E-state index contributed by atoms with van der Waals surface area (Å²) in [7, 11) is 0. The van der Waals surface area contributed by atoms with E-state index in [9.17, 15) is 4.79 Å². The molecule has 1 nitrogen and oxygen atoms in total. The number of aryl methyl sites for hydroxylation is 1. The fourth-order valence-corrected chi connectivity index (χ4v) is 3.13. The highest BCUT2D eigenvalue weighted by molar-refractivity contribution is 9.10. The quantitative estimate of drug-likeness (QED) is 0.584. The second-order valence-electron chi connectivity index (χ2n) is 4.98. The zero-order chi connectivity index (χ0) is 14.8. The van der Waals surface area contributed by atoms with Gasteiger partial charge in [0, 0.05) is 15.6 Å². The Bertz CT molecular complexity index is 821. The highest BCUT2D eigenvalue weighted by Gasteiger charge is 2.15. The zero-order valence-electron chi connectivity index (χ0n) is 11.8. The van der Waals surface area contributed by atoms with Crippen LogP contribution in [0.25, 0.3) is 10.8 Å². The minimum atomic E-state index is 0.0937. The van der Waals surface area contributed by atoms with E-state index < -0.39 is 0 Å². The molecule has 0 aliphatic heterocycles. The summed E-state index contributed by atoms with van der Waals surface area (Å²) < 4.78 is 1.01. The summed E-state index contributed by atoms with van der Waals surface area (Å²) in [6, 6.07) is 19.7. The molecule has 0 saturated heterocycles. The molecule has 0 spiro atoms. The summed E-state index contributed by atoms with van der Waals surface area (Å²) in [5.41, 5.74) is 2.65. The lowest BCUT2D eigenvalue weighted by molar-refractivity contribution is 0.103. The Morgan fingerprint density at radius 2 is 1.52 bits per heavy atom. The van der Waals surface area contributed by atoms with Crippen molar-refractivity contribution in [3.8, 4) is 0 Å². The maximum absolute atomic E-state index is 12.9. The van der Waals surface area contributed by atoms with E-state index >= 15 is 0 Å². The zero-order valence-corrected chi connectivity index (χ0v) is 13.4. The number of carbonyl (C=O) groups excluding carboxylic acids is 1. The molecule has 0 atom stereocenters. The van der Waals surface area contributed by atoms with Gasteiger partial charge in [-0.1, -0.05) is 71.4 Å². The number of ketones is 1. The molecule has 0 unspecified atom stereocenters. The van der Waals surface area contributed by atoms with E-state index in [0.717, 1.165) is 38.4 Å². The molecule has 0 N–H and O–H groups in total. The molecule has 0 aliphatic carbocycles. The normalized spacial score (nSPS) is 10.8. The number of rotatable bonds is 3. The molecule has 0 radical (unpaired) electrons. The van der Waals surface area contributed by atoms with Crippen molar-refractivity contribution in [3.05, 3.63) is 81.8 Å². The van der Waals surface area contributed by atoms with Gasteiger partial charge in [0.15, 0.2) is 5.78 Å². The van der Waals surface area contributed by atoms with Crippen LogP contribution in [0.1, 0.15) is 28.4 Å². The third kappa shape index (κ3) is 2.52. The van der Waals surface area contributed by atoms with Gasteiger partial charge < -0.3 is 0 Å². The lowest BCUT2D eigenvalue weighted by Gasteiger charge is -2.10. The molecule has 104 valence electrons. The molecule has 0 aromatic heterocycles. The Labute approximate surface area is 132 Å². The van der Waals surface area contributed by atoms with Crippen molar-refractivity contribution in [3.63, 3.8) is 0 Å². The van der Waals surface area contributed by atoms with Crippen LogP contribution in [0.4, 0.5) is 0 Å². The first kappa shape index (κ1) is 14.0. The predicted molar refractivity (Wildman–Crippen MR) is 90.9 cm³/mol. The van der Waals surface area contributed by atoms with Crippen LogP contribution in [0, 0.1) is 0 Å². The molecule has 0 bridgehead atoms.